The van der Waals surface area contributed by atoms with Crippen LogP contribution < -0.4 is 10.6 Å². The van der Waals surface area contributed by atoms with Gasteiger partial charge in [-0.1, -0.05) is 0 Å². The topological polar surface area (TPSA) is 96.6 Å². The maximum atomic E-state index is 5.71. The van der Waals surface area contributed by atoms with Gasteiger partial charge >= 0.3 is 0 Å². The van der Waals surface area contributed by atoms with Crippen molar-refractivity contribution in [2.24, 2.45) is 0 Å². The van der Waals surface area contributed by atoms with Gasteiger partial charge in [-0.2, -0.15) is 15.1 Å². The van der Waals surface area contributed by atoms with Gasteiger partial charge in [0, 0.05) is 12.4 Å². The van der Waals surface area contributed by atoms with E-state index in [9.17, 15) is 0 Å². The number of anilines is 2. The van der Waals surface area contributed by atoms with E-state index in [4.69, 9.17) is 5.73 Å². The molecule has 3 aromatic heterocycles. The summed E-state index contributed by atoms with van der Waals surface area (Å²) in [7, 11) is 1.95. The standard InChI is InChI=1S/C11H13N7S/c1-6-14-7(5-19-6)4-18(2)10-8-3-13-17-9(8)15-11(12)16-10/h3,5H,4H2,1-2H3,(H3,12,13,15,16,17). The molecule has 98 valence electrons. The minimum atomic E-state index is 0.230. The molecule has 0 unspecified atom stereocenters. The maximum absolute atomic E-state index is 5.71. The van der Waals surface area contributed by atoms with Crippen LogP contribution in [0.5, 0.6) is 0 Å². The van der Waals surface area contributed by atoms with Gasteiger partial charge in [0.2, 0.25) is 5.95 Å². The molecule has 7 nitrogen and oxygen atoms in total. The molecule has 3 heterocycles. The van der Waals surface area contributed by atoms with Gasteiger partial charge in [0.15, 0.2) is 5.65 Å². The van der Waals surface area contributed by atoms with E-state index in [0.29, 0.717) is 12.2 Å². The number of fused-ring (bicyclic) bond motifs is 1. The van der Waals surface area contributed by atoms with Gasteiger partial charge in [-0.25, -0.2) is 4.98 Å². The van der Waals surface area contributed by atoms with Crippen LogP contribution in [0.25, 0.3) is 11.0 Å². The molecule has 0 saturated carbocycles. The van der Waals surface area contributed by atoms with Crippen molar-refractivity contribution in [3.8, 4) is 0 Å². The van der Waals surface area contributed by atoms with Gasteiger partial charge in [-0.3, -0.25) is 5.10 Å². The molecule has 0 bridgehead atoms. The molecular weight excluding hydrogens is 262 g/mol. The quantitative estimate of drug-likeness (QED) is 0.748. The molecule has 0 atom stereocenters. The van der Waals surface area contributed by atoms with Crippen LogP contribution >= 0.6 is 11.3 Å². The van der Waals surface area contributed by atoms with Crippen molar-refractivity contribution in [1.29, 1.82) is 0 Å². The second-order valence-corrected chi connectivity index (χ2v) is 5.31. The minimum absolute atomic E-state index is 0.230. The zero-order chi connectivity index (χ0) is 13.4. The van der Waals surface area contributed by atoms with Crippen molar-refractivity contribution in [2.75, 3.05) is 17.7 Å². The Labute approximate surface area is 113 Å². The summed E-state index contributed by atoms with van der Waals surface area (Å²) >= 11 is 1.64. The lowest BCUT2D eigenvalue weighted by molar-refractivity contribution is 0.874. The summed E-state index contributed by atoms with van der Waals surface area (Å²) < 4.78 is 0. The summed E-state index contributed by atoms with van der Waals surface area (Å²) in [6.07, 6.45) is 1.70. The Hall–Kier alpha value is -2.22. The van der Waals surface area contributed by atoms with Crippen molar-refractivity contribution in [1.82, 2.24) is 25.1 Å². The van der Waals surface area contributed by atoms with E-state index in [2.05, 4.69) is 25.1 Å². The van der Waals surface area contributed by atoms with E-state index in [0.717, 1.165) is 21.9 Å². The van der Waals surface area contributed by atoms with Gasteiger partial charge in [0.05, 0.1) is 28.8 Å². The highest BCUT2D eigenvalue weighted by Gasteiger charge is 2.13. The average molecular weight is 275 g/mol. The third kappa shape index (κ3) is 2.22. The third-order valence-electron chi connectivity index (χ3n) is 2.73. The van der Waals surface area contributed by atoms with Gasteiger partial charge in [0.25, 0.3) is 0 Å². The van der Waals surface area contributed by atoms with E-state index < -0.39 is 0 Å². The van der Waals surface area contributed by atoms with Crippen LogP contribution in [0, 0.1) is 6.92 Å². The van der Waals surface area contributed by atoms with Crippen LogP contribution in [0.1, 0.15) is 10.7 Å². The zero-order valence-corrected chi connectivity index (χ0v) is 11.4. The van der Waals surface area contributed by atoms with Gasteiger partial charge in [-0.05, 0) is 6.92 Å². The zero-order valence-electron chi connectivity index (χ0n) is 10.6. The van der Waals surface area contributed by atoms with Gasteiger partial charge < -0.3 is 10.6 Å². The second kappa shape index (κ2) is 4.47. The number of aryl methyl sites for hydroxylation is 1. The number of nitrogen functional groups attached to an aromatic ring is 1. The van der Waals surface area contributed by atoms with Crippen molar-refractivity contribution in [3.05, 3.63) is 22.3 Å². The molecule has 19 heavy (non-hydrogen) atoms. The van der Waals surface area contributed by atoms with E-state index in [1.807, 2.05) is 24.3 Å². The lowest BCUT2D eigenvalue weighted by atomic mass is 10.3. The van der Waals surface area contributed by atoms with E-state index in [1.165, 1.54) is 0 Å². The van der Waals surface area contributed by atoms with Crippen molar-refractivity contribution >= 4 is 34.1 Å². The Balaban J connectivity index is 1.96. The average Bonchev–Trinajstić information content (AvgIpc) is 2.96. The van der Waals surface area contributed by atoms with Crippen LogP contribution in [0.2, 0.25) is 0 Å². The Kier molecular flexibility index (Phi) is 2.79. The molecule has 3 aromatic rings. The van der Waals surface area contributed by atoms with Crippen molar-refractivity contribution in [2.45, 2.75) is 13.5 Å². The summed E-state index contributed by atoms with van der Waals surface area (Å²) in [5, 5.41) is 10.7. The number of rotatable bonds is 3. The fourth-order valence-electron chi connectivity index (χ4n) is 1.93. The Bertz CT molecular complexity index is 717. The Morgan fingerprint density at radius 3 is 2.95 bits per heavy atom. The smallest absolute Gasteiger partial charge is 0.224 e. The molecule has 0 aliphatic rings. The molecule has 0 aliphatic carbocycles. The number of nitrogens with zero attached hydrogens (tertiary/aromatic N) is 5. The highest BCUT2D eigenvalue weighted by molar-refractivity contribution is 7.09. The van der Waals surface area contributed by atoms with Crippen LogP contribution in [0.4, 0.5) is 11.8 Å². The molecule has 8 heteroatoms. The summed E-state index contributed by atoms with van der Waals surface area (Å²) in [4.78, 5) is 14.8. The van der Waals surface area contributed by atoms with Crippen LogP contribution in [0.15, 0.2) is 11.6 Å². The molecule has 0 saturated heterocycles. The summed E-state index contributed by atoms with van der Waals surface area (Å²) in [5.74, 6) is 0.981. The monoisotopic (exact) mass is 275 g/mol. The molecular formula is C11H13N7S. The molecule has 0 aromatic carbocycles. The number of nitrogens with one attached hydrogen (secondary N) is 1. The largest absolute Gasteiger partial charge is 0.368 e. The Morgan fingerprint density at radius 1 is 1.37 bits per heavy atom. The highest BCUT2D eigenvalue weighted by atomic mass is 32.1. The van der Waals surface area contributed by atoms with Crippen molar-refractivity contribution < 1.29 is 0 Å². The molecule has 0 spiro atoms. The number of aromatic nitrogens is 5. The number of hydrogen-bond donors (Lipinski definition) is 2. The van der Waals surface area contributed by atoms with E-state index in [-0.39, 0.29) is 5.95 Å². The Morgan fingerprint density at radius 2 is 2.21 bits per heavy atom. The molecule has 0 fully saturated rings. The first-order chi connectivity index (χ1) is 9.13. The van der Waals surface area contributed by atoms with E-state index in [1.54, 1.807) is 17.5 Å². The van der Waals surface area contributed by atoms with Gasteiger partial charge in [0.1, 0.15) is 5.82 Å². The first-order valence-corrected chi connectivity index (χ1v) is 6.60. The first kappa shape index (κ1) is 11.8. The SMILES string of the molecule is Cc1nc(CN(C)c2nc(N)nc3[nH]ncc23)cs1. The maximum Gasteiger partial charge on any atom is 0.224 e. The predicted octanol–water partition coefficient (Wildman–Crippen LogP) is 1.34. The third-order valence-corrected chi connectivity index (χ3v) is 3.56. The summed E-state index contributed by atoms with van der Waals surface area (Å²) in [6.45, 7) is 2.66. The highest BCUT2D eigenvalue weighted by Crippen LogP contribution is 2.23. The minimum Gasteiger partial charge on any atom is -0.368 e. The number of thiazole rings is 1. The molecule has 0 radical (unpaired) electrons. The van der Waals surface area contributed by atoms with E-state index >= 15 is 0 Å². The lowest BCUT2D eigenvalue weighted by Crippen LogP contribution is -2.19. The number of H-pyrrole nitrogens is 1. The lowest BCUT2D eigenvalue weighted by Gasteiger charge is -2.17. The number of nitrogens with two attached hydrogens (primary N) is 1. The first-order valence-electron chi connectivity index (χ1n) is 5.72. The molecule has 0 amide bonds. The summed E-state index contributed by atoms with van der Waals surface area (Å²) in [6, 6.07) is 0. The fourth-order valence-corrected chi connectivity index (χ4v) is 2.53. The number of hydrogen-bond acceptors (Lipinski definition) is 7. The second-order valence-electron chi connectivity index (χ2n) is 4.25. The van der Waals surface area contributed by atoms with Crippen LogP contribution in [-0.4, -0.2) is 32.2 Å². The molecule has 3 N–H and O–H groups in total. The van der Waals surface area contributed by atoms with Gasteiger partial charge in [-0.15, -0.1) is 11.3 Å². The number of aromatic amines is 1. The molecule has 0 aliphatic heterocycles. The van der Waals surface area contributed by atoms with Crippen molar-refractivity contribution in [3.63, 3.8) is 0 Å². The van der Waals surface area contributed by atoms with Crippen LogP contribution in [0.3, 0.4) is 0 Å². The predicted molar refractivity (Wildman–Crippen MR) is 75.1 cm³/mol. The molecule has 3 rings (SSSR count). The normalized spacial score (nSPS) is 11.1. The fraction of sp³-hybridized carbons (Fsp3) is 0.273. The van der Waals surface area contributed by atoms with Crippen LogP contribution in [-0.2, 0) is 6.54 Å². The summed E-state index contributed by atoms with van der Waals surface area (Å²) in [5.41, 5.74) is 7.36.